The Morgan fingerprint density at radius 2 is 1.35 bits per heavy atom. The van der Waals surface area contributed by atoms with Crippen LogP contribution in [-0.4, -0.2) is 89.2 Å². The number of nitrogens with one attached hydrogen (secondary N) is 3. The minimum absolute atomic E-state index is 0. The number of amidine groups is 1. The number of amides is 3. The Morgan fingerprint density at radius 3 is 1.85 bits per heavy atom. The smallest absolute Gasteiger partial charge is 0.772 e. The van der Waals surface area contributed by atoms with Crippen molar-refractivity contribution in [3.05, 3.63) is 131 Å². The number of aliphatic imine (C=N–C) groups is 1. The first kappa shape index (κ1) is 66.5. The molecule has 0 spiro atoms. The molecule has 0 saturated heterocycles. The zero-order chi connectivity index (χ0) is 59.5. The van der Waals surface area contributed by atoms with E-state index in [0.29, 0.717) is 45.5 Å². The van der Waals surface area contributed by atoms with Gasteiger partial charge >= 0.3 is 37.4 Å². The van der Waals surface area contributed by atoms with E-state index in [-0.39, 0.29) is 107 Å². The number of allylic oxidation sites excluding steroid dienone is 1. The number of hydrogen-bond acceptors (Lipinski definition) is 13. The molecule has 3 amide bonds. The van der Waals surface area contributed by atoms with Crippen LogP contribution in [0, 0.1) is 35.5 Å². The van der Waals surface area contributed by atoms with Crippen molar-refractivity contribution in [1.29, 1.82) is 0 Å². The summed E-state index contributed by atoms with van der Waals surface area (Å²) < 4.78 is 27.0. The fraction of sp³-hybridized carbons (Fsp3) is 0.426. The molecule has 0 radical (unpaired) electrons. The number of ether oxygens (including phenoxy) is 1. The molecule has 6 atom stereocenters. The summed E-state index contributed by atoms with van der Waals surface area (Å²) in [4.78, 5) is 98.9. The molecule has 2 heterocycles. The summed E-state index contributed by atoms with van der Waals surface area (Å²) in [5.41, 5.74) is 2.43. The number of hydrogen-bond donors (Lipinski definition) is 5. The molecule has 4 aromatic rings. The van der Waals surface area contributed by atoms with E-state index in [0.717, 1.165) is 55.2 Å². The van der Waals surface area contributed by atoms with Crippen LogP contribution in [0.4, 0.5) is 5.82 Å². The topological polar surface area (TPSA) is 273 Å². The third-order valence-corrected chi connectivity index (χ3v) is 16.4. The summed E-state index contributed by atoms with van der Waals surface area (Å²) in [5, 5.41) is 26.8. The molecule has 434 valence electrons. The van der Waals surface area contributed by atoms with Crippen molar-refractivity contribution in [2.24, 2.45) is 40.5 Å². The molecular weight excluding hydrogens is 1140 g/mol. The Hall–Kier alpha value is -6.35. The first-order valence-corrected chi connectivity index (χ1v) is 29.1. The van der Waals surface area contributed by atoms with Crippen LogP contribution in [0.15, 0.2) is 113 Å². The molecule has 7 rings (SSSR count). The fourth-order valence-corrected chi connectivity index (χ4v) is 12.8. The van der Waals surface area contributed by atoms with Crippen molar-refractivity contribution in [1.82, 2.24) is 15.6 Å². The zero-order valence-corrected chi connectivity index (χ0v) is 52.7. The molecule has 18 nitrogen and oxygen atoms in total. The predicted molar refractivity (Wildman–Crippen MR) is 311 cm³/mol. The largest absolute Gasteiger partial charge is 2.00 e. The van der Waals surface area contributed by atoms with E-state index in [2.05, 4.69) is 64.1 Å². The van der Waals surface area contributed by atoms with E-state index < -0.39 is 51.6 Å². The van der Waals surface area contributed by atoms with Crippen molar-refractivity contribution in [3.63, 3.8) is 0 Å². The van der Waals surface area contributed by atoms with Gasteiger partial charge in [0.1, 0.15) is 24.1 Å². The standard InChI is InChI=1S/C54H62N4O10S.C7H13NO3S.Zn/c1-28-19-30(3)47(31(4)20-28)67-54(65)46-45(37-17-13-10-14-18-37)43(57-50(46)55-35(8)59)26-42-44(36-15-11-9-12-16-36)41(27-66-68-48-32(5)21-29(2)22-33(48)6)49(56-42)58-51(60)34(7)69-40-24-38(52(61)62)23-39(25-40)53(63)64;1-4-6(9)8-7(2,3)5-12(10)11;/h9-18,23-26,28-34,47-48H,19-22,27H2,1-8H3,(H5,55,56,57,58,59,60,61,62,63,64,65);4H,1,5H2,2-3H3,(H,8,9)(H,10,11);/q;;+2/p-2. The van der Waals surface area contributed by atoms with Gasteiger partial charge in [-0.05, 0) is 140 Å². The molecule has 2 saturated carbocycles. The van der Waals surface area contributed by atoms with Crippen LogP contribution in [0.5, 0.6) is 0 Å². The molecule has 5 N–H and O–H groups in total. The molecule has 2 aliphatic carbocycles. The zero-order valence-electron chi connectivity index (χ0n) is 48.1. The number of carbonyl (C=O) groups is 6. The van der Waals surface area contributed by atoms with Gasteiger partial charge < -0.3 is 40.4 Å². The number of anilines is 1. The van der Waals surface area contributed by atoms with Crippen molar-refractivity contribution >= 4 is 81.8 Å². The maximum absolute atomic E-state index is 14.6. The maximum Gasteiger partial charge on any atom is 2.00 e. The Labute approximate surface area is 499 Å². The minimum atomic E-state index is -2.15. The van der Waals surface area contributed by atoms with Gasteiger partial charge in [0.15, 0.2) is 5.91 Å². The molecular formula is C61H73N5O13S2Zn. The van der Waals surface area contributed by atoms with Gasteiger partial charge in [0.2, 0.25) is 11.8 Å². The van der Waals surface area contributed by atoms with Gasteiger partial charge in [0.25, 0.3) is 0 Å². The van der Waals surface area contributed by atoms with Gasteiger partial charge in [-0.1, -0.05) is 126 Å². The number of carboxylic acids is 2. The molecule has 0 bridgehead atoms. The number of esters is 1. The minimum Gasteiger partial charge on any atom is -0.772 e. The molecule has 82 heavy (non-hydrogen) atoms. The summed E-state index contributed by atoms with van der Waals surface area (Å²) >= 11 is -1.16. The first-order valence-electron chi connectivity index (χ1n) is 27.0. The maximum atomic E-state index is 14.6. The van der Waals surface area contributed by atoms with Crippen molar-refractivity contribution in [3.8, 4) is 11.1 Å². The normalized spacial score (nSPS) is 22.7. The van der Waals surface area contributed by atoms with E-state index in [1.54, 1.807) is 26.8 Å². The van der Waals surface area contributed by atoms with Gasteiger partial charge in [-0.2, -0.15) is 0 Å². The van der Waals surface area contributed by atoms with E-state index in [4.69, 9.17) is 24.5 Å². The Balaban J connectivity index is 0.000000849. The quantitative estimate of drug-likeness (QED) is 0.0111. The summed E-state index contributed by atoms with van der Waals surface area (Å²) in [6, 6.07) is 22.4. The number of nitrogens with zero attached hydrogens (tertiary/aromatic N) is 2. The van der Waals surface area contributed by atoms with Gasteiger partial charge in [0.05, 0.1) is 28.2 Å². The third kappa shape index (κ3) is 17.8. The molecule has 1 aliphatic heterocycles. The first-order chi connectivity index (χ1) is 38.2. The van der Waals surface area contributed by atoms with Crippen LogP contribution in [0.3, 0.4) is 0 Å². The van der Waals surface area contributed by atoms with Crippen molar-refractivity contribution < 1.29 is 81.7 Å². The molecule has 3 aliphatic rings. The second kappa shape index (κ2) is 29.8. The van der Waals surface area contributed by atoms with E-state index in [1.165, 1.54) is 19.1 Å². The Bertz CT molecular complexity index is 3050. The molecule has 1 aromatic heterocycles. The van der Waals surface area contributed by atoms with E-state index in [9.17, 15) is 47.7 Å². The van der Waals surface area contributed by atoms with Gasteiger partial charge in [0, 0.05) is 28.7 Å². The second-order valence-electron chi connectivity index (χ2n) is 22.2. The number of carbonyl (C=O) groups excluding carboxylic acids is 4. The van der Waals surface area contributed by atoms with E-state index in [1.807, 2.05) is 60.7 Å². The number of rotatable bonds is 19. The van der Waals surface area contributed by atoms with Crippen LogP contribution in [-0.2, 0) is 70.9 Å². The monoisotopic (exact) mass is 1210 g/mol. The third-order valence-electron chi connectivity index (χ3n) is 14.4. The van der Waals surface area contributed by atoms with Crippen molar-refractivity contribution in [2.75, 3.05) is 11.1 Å². The number of aromatic carboxylic acids is 2. The molecule has 21 heteroatoms. The fourth-order valence-electron chi connectivity index (χ4n) is 11.1. The summed E-state index contributed by atoms with van der Waals surface area (Å²) in [6.45, 7) is 22.3. The average molecular weight is 1210 g/mol. The second-order valence-corrected chi connectivity index (χ2v) is 24.5. The van der Waals surface area contributed by atoms with Crippen LogP contribution in [0.1, 0.15) is 132 Å². The van der Waals surface area contributed by atoms with Crippen LogP contribution in [0.25, 0.3) is 22.8 Å². The number of benzene rings is 3. The van der Waals surface area contributed by atoms with E-state index >= 15 is 0 Å². The summed E-state index contributed by atoms with van der Waals surface area (Å²) in [6.07, 6.45) is 6.06. The summed E-state index contributed by atoms with van der Waals surface area (Å²) in [7, 11) is 0. The van der Waals surface area contributed by atoms with Gasteiger partial charge in [-0.25, -0.2) is 29.2 Å². The van der Waals surface area contributed by atoms with Crippen molar-refractivity contribution in [2.45, 2.75) is 129 Å². The van der Waals surface area contributed by atoms with Crippen LogP contribution < -0.4 is 20.9 Å². The number of thioether (sulfide) groups is 1. The average Bonchev–Trinajstić information content (AvgIpc) is 3.48. The molecule has 3 aromatic carbocycles. The SMILES string of the molecule is C=CC(=O)NC(C)(C)CS(=O)[O-].CC(=O)NC1=N/C(=C\c2[n-]c(NC(=O)C(C)Sc3cc(C(=O)O)cc(C(=O)O)c3)c(COOC3C(C)CC(C)CC3C)c2-c2ccccc2)C(c2ccccc2)=C1C(=O)OC1C(C)CC(C)CC1C.[Zn+2]. The number of carboxylic acid groups (broad SMARTS) is 2. The Morgan fingerprint density at radius 1 is 0.829 bits per heavy atom. The predicted octanol–water partition coefficient (Wildman–Crippen LogP) is 10.2. The van der Waals surface area contributed by atoms with Crippen LogP contribution in [0.2, 0.25) is 0 Å². The van der Waals surface area contributed by atoms with Gasteiger partial charge in [-0.15, -0.1) is 11.8 Å². The Kier molecular flexibility index (Phi) is 24.1. The molecule has 6 unspecified atom stereocenters. The molecule has 2 fully saturated rings. The number of aromatic nitrogens is 1. The van der Waals surface area contributed by atoms with Crippen LogP contribution >= 0.6 is 11.8 Å². The summed E-state index contributed by atoms with van der Waals surface area (Å²) in [5.74, 6) is -2.76. The van der Waals surface area contributed by atoms with Gasteiger partial charge in [-0.3, -0.25) is 18.6 Å².